The predicted octanol–water partition coefficient (Wildman–Crippen LogP) is 3.73. The van der Waals surface area contributed by atoms with Crippen molar-refractivity contribution in [1.82, 2.24) is 29.8 Å². The summed E-state index contributed by atoms with van der Waals surface area (Å²) in [6.45, 7) is 2.76. The third-order valence-electron chi connectivity index (χ3n) is 6.65. The van der Waals surface area contributed by atoms with Crippen molar-refractivity contribution in [1.29, 1.82) is 0 Å². The Hall–Kier alpha value is -3.10. The van der Waals surface area contributed by atoms with Crippen molar-refractivity contribution in [2.24, 2.45) is 5.92 Å². The second-order valence-corrected chi connectivity index (χ2v) is 9.45. The van der Waals surface area contributed by atoms with E-state index in [0.29, 0.717) is 11.5 Å². The second-order valence-electron chi connectivity index (χ2n) is 8.51. The monoisotopic (exact) mass is 444 g/mol. The Morgan fingerprint density at radius 1 is 1.19 bits per heavy atom. The van der Waals surface area contributed by atoms with Crippen molar-refractivity contribution < 1.29 is 4.79 Å². The average Bonchev–Trinajstić information content (AvgIpc) is 3.53. The van der Waals surface area contributed by atoms with Gasteiger partial charge in [-0.3, -0.25) is 9.78 Å². The Bertz CT molecular complexity index is 1260. The maximum absolute atomic E-state index is 13.5. The SMILES string of the molecule is O=C(c1ccnc(-c2cnn3ccc(-c4cccs4)nc23)c1)N1CCC[C@@H]2CCNC[C@@H]21. The fraction of sp³-hybridized carbons (Fsp3) is 0.333. The van der Waals surface area contributed by atoms with E-state index in [1.54, 1.807) is 28.2 Å². The lowest BCUT2D eigenvalue weighted by molar-refractivity contribution is 0.0429. The molecule has 0 bridgehead atoms. The van der Waals surface area contributed by atoms with Crippen molar-refractivity contribution in [2.45, 2.75) is 25.3 Å². The van der Waals surface area contributed by atoms with E-state index in [2.05, 4.69) is 26.4 Å². The molecule has 0 spiro atoms. The summed E-state index contributed by atoms with van der Waals surface area (Å²) in [5.74, 6) is 0.700. The van der Waals surface area contributed by atoms with Crippen molar-refractivity contribution in [3.8, 4) is 21.8 Å². The standard InChI is InChI=1S/C24H24N6OS/c31-24(29-10-1-3-16-5-8-25-15-21(16)29)17-6-9-26-20(13-17)18-14-27-30-11-7-19(28-23(18)30)22-4-2-12-32-22/h2,4,6-7,9,11-14,16,21,25H,1,3,5,8,10,15H2/t16-,21+/m1/s1. The first-order valence-electron chi connectivity index (χ1n) is 11.1. The molecule has 1 amide bonds. The summed E-state index contributed by atoms with van der Waals surface area (Å²) in [6, 6.07) is 10.0. The van der Waals surface area contributed by atoms with Crippen LogP contribution < -0.4 is 5.32 Å². The minimum atomic E-state index is 0.0933. The first-order valence-corrected chi connectivity index (χ1v) is 12.0. The number of carbonyl (C=O) groups excluding carboxylic acids is 1. The van der Waals surface area contributed by atoms with Crippen LogP contribution in [0.15, 0.2) is 54.3 Å². The minimum Gasteiger partial charge on any atom is -0.334 e. The molecule has 6 heterocycles. The van der Waals surface area contributed by atoms with Gasteiger partial charge in [0.25, 0.3) is 5.91 Å². The van der Waals surface area contributed by atoms with Crippen LogP contribution in [-0.4, -0.2) is 56.1 Å². The number of hydrogen-bond acceptors (Lipinski definition) is 6. The summed E-state index contributed by atoms with van der Waals surface area (Å²) in [4.78, 5) is 26.1. The van der Waals surface area contributed by atoms with E-state index in [-0.39, 0.29) is 11.9 Å². The molecule has 6 rings (SSSR count). The van der Waals surface area contributed by atoms with E-state index in [9.17, 15) is 4.79 Å². The molecule has 0 aromatic carbocycles. The van der Waals surface area contributed by atoms with Gasteiger partial charge in [0.2, 0.25) is 0 Å². The second kappa shape index (κ2) is 8.11. The minimum absolute atomic E-state index is 0.0933. The summed E-state index contributed by atoms with van der Waals surface area (Å²) >= 11 is 1.66. The van der Waals surface area contributed by atoms with Crippen LogP contribution in [0, 0.1) is 5.92 Å². The zero-order chi connectivity index (χ0) is 21.5. The van der Waals surface area contributed by atoms with Gasteiger partial charge in [0, 0.05) is 37.1 Å². The van der Waals surface area contributed by atoms with Crippen LogP contribution in [-0.2, 0) is 0 Å². The molecule has 4 aromatic heterocycles. The number of pyridine rings is 1. The van der Waals surface area contributed by atoms with Crippen LogP contribution in [0.2, 0.25) is 0 Å². The number of likely N-dealkylation sites (tertiary alicyclic amines) is 1. The molecule has 2 fully saturated rings. The highest BCUT2D eigenvalue weighted by molar-refractivity contribution is 7.13. The lowest BCUT2D eigenvalue weighted by Crippen LogP contribution is -2.56. The molecule has 2 saturated heterocycles. The Morgan fingerprint density at radius 2 is 2.16 bits per heavy atom. The lowest BCUT2D eigenvalue weighted by atomic mass is 9.84. The van der Waals surface area contributed by atoms with Crippen molar-refractivity contribution in [3.05, 3.63) is 59.9 Å². The van der Waals surface area contributed by atoms with Crippen LogP contribution in [0.25, 0.3) is 27.5 Å². The van der Waals surface area contributed by atoms with Gasteiger partial charge in [0.05, 0.1) is 28.0 Å². The summed E-state index contributed by atoms with van der Waals surface area (Å²) < 4.78 is 1.76. The summed E-state index contributed by atoms with van der Waals surface area (Å²) in [5, 5.41) is 9.96. The topological polar surface area (TPSA) is 75.4 Å². The molecule has 1 N–H and O–H groups in total. The van der Waals surface area contributed by atoms with Crippen LogP contribution in [0.4, 0.5) is 0 Å². The Kier molecular flexibility index (Phi) is 4.96. The van der Waals surface area contributed by atoms with Crippen molar-refractivity contribution >= 4 is 22.9 Å². The number of hydrogen-bond donors (Lipinski definition) is 1. The summed E-state index contributed by atoms with van der Waals surface area (Å²) in [7, 11) is 0. The number of aromatic nitrogens is 4. The zero-order valence-corrected chi connectivity index (χ0v) is 18.5. The van der Waals surface area contributed by atoms with Gasteiger partial charge in [-0.1, -0.05) is 6.07 Å². The fourth-order valence-electron chi connectivity index (χ4n) is 5.03. The third-order valence-corrected chi connectivity index (χ3v) is 7.54. The van der Waals surface area contributed by atoms with Gasteiger partial charge < -0.3 is 10.2 Å². The molecular formula is C24H24N6OS. The predicted molar refractivity (Wildman–Crippen MR) is 125 cm³/mol. The molecule has 0 radical (unpaired) electrons. The molecular weight excluding hydrogens is 420 g/mol. The number of carbonyl (C=O) groups is 1. The molecule has 0 aliphatic carbocycles. The van der Waals surface area contributed by atoms with Crippen LogP contribution in [0.3, 0.4) is 0 Å². The largest absolute Gasteiger partial charge is 0.334 e. The van der Waals surface area contributed by atoms with Gasteiger partial charge in [-0.25, -0.2) is 9.50 Å². The molecule has 0 unspecified atom stereocenters. The average molecular weight is 445 g/mol. The maximum Gasteiger partial charge on any atom is 0.254 e. The molecule has 162 valence electrons. The van der Waals surface area contributed by atoms with Crippen molar-refractivity contribution in [2.75, 3.05) is 19.6 Å². The number of rotatable bonds is 3. The van der Waals surface area contributed by atoms with Gasteiger partial charge in [-0.05, 0) is 61.4 Å². The molecule has 8 heteroatoms. The van der Waals surface area contributed by atoms with E-state index < -0.39 is 0 Å². The Labute approximate surface area is 190 Å². The maximum atomic E-state index is 13.5. The molecule has 4 aromatic rings. The number of nitrogens with one attached hydrogen (secondary N) is 1. The molecule has 2 aliphatic heterocycles. The van der Waals surface area contributed by atoms with Gasteiger partial charge in [-0.2, -0.15) is 5.10 Å². The van der Waals surface area contributed by atoms with Crippen LogP contribution >= 0.6 is 11.3 Å². The molecule has 0 saturated carbocycles. The van der Waals surface area contributed by atoms with E-state index in [0.717, 1.165) is 60.0 Å². The smallest absolute Gasteiger partial charge is 0.254 e. The number of nitrogens with zero attached hydrogens (tertiary/aromatic N) is 5. The molecule has 2 atom stereocenters. The molecule has 32 heavy (non-hydrogen) atoms. The highest BCUT2D eigenvalue weighted by atomic mass is 32.1. The third kappa shape index (κ3) is 3.40. The number of piperidine rings is 2. The van der Waals surface area contributed by atoms with Gasteiger partial charge in [-0.15, -0.1) is 11.3 Å². The summed E-state index contributed by atoms with van der Waals surface area (Å²) in [5.41, 5.74) is 3.87. The highest BCUT2D eigenvalue weighted by Gasteiger charge is 2.36. The van der Waals surface area contributed by atoms with Gasteiger partial charge in [0.1, 0.15) is 0 Å². The van der Waals surface area contributed by atoms with E-state index >= 15 is 0 Å². The molecule has 7 nitrogen and oxygen atoms in total. The van der Waals surface area contributed by atoms with E-state index in [4.69, 9.17) is 4.98 Å². The quantitative estimate of drug-likeness (QED) is 0.521. The first kappa shape index (κ1) is 19.6. The highest BCUT2D eigenvalue weighted by Crippen LogP contribution is 2.31. The summed E-state index contributed by atoms with van der Waals surface area (Å²) in [6.07, 6.45) is 8.86. The van der Waals surface area contributed by atoms with E-state index in [1.165, 1.54) is 6.42 Å². The first-order chi connectivity index (χ1) is 15.8. The van der Waals surface area contributed by atoms with Crippen molar-refractivity contribution in [3.63, 3.8) is 0 Å². The lowest BCUT2D eigenvalue weighted by Gasteiger charge is -2.44. The zero-order valence-electron chi connectivity index (χ0n) is 17.6. The Morgan fingerprint density at radius 3 is 3.06 bits per heavy atom. The number of thiophene rings is 1. The van der Waals surface area contributed by atoms with E-state index in [1.807, 2.05) is 35.8 Å². The normalized spacial score (nSPS) is 20.9. The number of amides is 1. The van der Waals surface area contributed by atoms with Gasteiger partial charge >= 0.3 is 0 Å². The Balaban J connectivity index is 1.34. The number of fused-ring (bicyclic) bond motifs is 2. The molecule has 2 aliphatic rings. The fourth-order valence-corrected chi connectivity index (χ4v) is 5.72. The van der Waals surface area contributed by atoms with Gasteiger partial charge in [0.15, 0.2) is 5.65 Å². The van der Waals surface area contributed by atoms with Crippen LogP contribution in [0.1, 0.15) is 29.6 Å². The van der Waals surface area contributed by atoms with Crippen LogP contribution in [0.5, 0.6) is 0 Å².